The Kier molecular flexibility index (Phi) is 5.02. The highest BCUT2D eigenvalue weighted by atomic mass is 32.2. The van der Waals surface area contributed by atoms with E-state index < -0.39 is 5.41 Å². The molecule has 0 unspecified atom stereocenters. The van der Waals surface area contributed by atoms with Gasteiger partial charge in [-0.2, -0.15) is 0 Å². The number of carbonyl (C=O) groups excluding carboxylic acids is 1. The van der Waals surface area contributed by atoms with Crippen LogP contribution in [0.15, 0.2) is 29.2 Å². The van der Waals surface area contributed by atoms with E-state index >= 15 is 0 Å². The Hall–Kier alpha value is -1.00. The van der Waals surface area contributed by atoms with Crippen molar-refractivity contribution in [3.63, 3.8) is 0 Å². The van der Waals surface area contributed by atoms with Crippen LogP contribution in [0.25, 0.3) is 0 Å². The number of ether oxygens (including phenoxy) is 1. The minimum absolute atomic E-state index is 0.177. The largest absolute Gasteiger partial charge is 0.469 e. The first-order chi connectivity index (χ1) is 7.99. The minimum atomic E-state index is -0.466. The summed E-state index contributed by atoms with van der Waals surface area (Å²) in [5, 5.41) is 0. The first-order valence-electron chi connectivity index (χ1n) is 5.50. The molecule has 1 aromatic carbocycles. The van der Waals surface area contributed by atoms with Crippen molar-refractivity contribution in [2.45, 2.75) is 25.3 Å². The average Bonchev–Trinajstić information content (AvgIpc) is 2.36. The van der Waals surface area contributed by atoms with Gasteiger partial charge in [0.2, 0.25) is 0 Å². The van der Waals surface area contributed by atoms with Crippen LogP contribution >= 0.6 is 11.8 Å². The molecule has 94 valence electrons. The second kappa shape index (κ2) is 6.07. The molecular formula is C13H19NO2S. The number of carbonyl (C=O) groups is 1. The number of benzene rings is 1. The summed E-state index contributed by atoms with van der Waals surface area (Å²) in [7, 11) is 1.42. The number of esters is 1. The molecule has 0 atom stereocenters. The molecule has 0 spiro atoms. The number of rotatable bonds is 5. The molecule has 0 amide bonds. The standard InChI is InChI=1S/C13H19NO2S/c1-13(2,12(15)16-3)9-17-11-6-4-10(8-14)5-7-11/h4-7H,8-9,14H2,1-3H3. The van der Waals surface area contributed by atoms with Gasteiger partial charge in [0.25, 0.3) is 0 Å². The Bertz CT molecular complexity index is 374. The molecule has 0 aliphatic carbocycles. The van der Waals surface area contributed by atoms with Gasteiger partial charge in [0, 0.05) is 17.2 Å². The van der Waals surface area contributed by atoms with Gasteiger partial charge in [0.15, 0.2) is 0 Å². The fraction of sp³-hybridized carbons (Fsp3) is 0.462. The van der Waals surface area contributed by atoms with Gasteiger partial charge in [-0.1, -0.05) is 12.1 Å². The smallest absolute Gasteiger partial charge is 0.312 e. The summed E-state index contributed by atoms with van der Waals surface area (Å²) in [6.07, 6.45) is 0. The summed E-state index contributed by atoms with van der Waals surface area (Å²) in [4.78, 5) is 12.6. The monoisotopic (exact) mass is 253 g/mol. The molecule has 0 radical (unpaired) electrons. The Morgan fingerprint density at radius 3 is 2.41 bits per heavy atom. The number of thioether (sulfide) groups is 1. The van der Waals surface area contributed by atoms with E-state index in [9.17, 15) is 4.79 Å². The van der Waals surface area contributed by atoms with E-state index in [4.69, 9.17) is 10.5 Å². The molecular weight excluding hydrogens is 234 g/mol. The van der Waals surface area contributed by atoms with Crippen LogP contribution in [0, 0.1) is 5.41 Å². The highest BCUT2D eigenvalue weighted by Crippen LogP contribution is 2.28. The van der Waals surface area contributed by atoms with Crippen LogP contribution in [0.2, 0.25) is 0 Å². The molecule has 0 heterocycles. The van der Waals surface area contributed by atoms with Crippen molar-refractivity contribution in [3.05, 3.63) is 29.8 Å². The molecule has 0 bridgehead atoms. The lowest BCUT2D eigenvalue weighted by atomic mass is 9.97. The quantitative estimate of drug-likeness (QED) is 0.647. The zero-order valence-corrected chi connectivity index (χ0v) is 11.3. The molecule has 0 saturated carbocycles. The second-order valence-corrected chi connectivity index (χ2v) is 5.56. The van der Waals surface area contributed by atoms with Crippen molar-refractivity contribution in [2.24, 2.45) is 11.1 Å². The topological polar surface area (TPSA) is 52.3 Å². The molecule has 0 aromatic heterocycles. The highest BCUT2D eigenvalue weighted by Gasteiger charge is 2.28. The van der Waals surface area contributed by atoms with Gasteiger partial charge in [-0.05, 0) is 31.5 Å². The van der Waals surface area contributed by atoms with Crippen molar-refractivity contribution < 1.29 is 9.53 Å². The van der Waals surface area contributed by atoms with Crippen LogP contribution in [-0.4, -0.2) is 18.8 Å². The Morgan fingerprint density at radius 2 is 1.94 bits per heavy atom. The predicted molar refractivity (Wildman–Crippen MR) is 70.9 cm³/mol. The van der Waals surface area contributed by atoms with E-state index in [1.54, 1.807) is 11.8 Å². The van der Waals surface area contributed by atoms with E-state index in [1.807, 2.05) is 38.1 Å². The van der Waals surface area contributed by atoms with Gasteiger partial charge in [-0.15, -0.1) is 11.8 Å². The van der Waals surface area contributed by atoms with Crippen LogP contribution in [0.5, 0.6) is 0 Å². The summed E-state index contributed by atoms with van der Waals surface area (Å²) in [5.41, 5.74) is 6.18. The molecule has 2 N–H and O–H groups in total. The summed E-state index contributed by atoms with van der Waals surface area (Å²) in [6.45, 7) is 4.33. The van der Waals surface area contributed by atoms with Crippen LogP contribution in [0.4, 0.5) is 0 Å². The first-order valence-corrected chi connectivity index (χ1v) is 6.48. The van der Waals surface area contributed by atoms with Gasteiger partial charge in [0.05, 0.1) is 12.5 Å². The number of nitrogens with two attached hydrogens (primary N) is 1. The van der Waals surface area contributed by atoms with Gasteiger partial charge < -0.3 is 10.5 Å². The first kappa shape index (κ1) is 14.1. The number of hydrogen-bond donors (Lipinski definition) is 1. The third kappa shape index (κ3) is 4.06. The van der Waals surface area contributed by atoms with E-state index in [-0.39, 0.29) is 5.97 Å². The molecule has 17 heavy (non-hydrogen) atoms. The zero-order valence-electron chi connectivity index (χ0n) is 10.5. The molecule has 0 saturated heterocycles. The maximum absolute atomic E-state index is 11.5. The van der Waals surface area contributed by atoms with Gasteiger partial charge >= 0.3 is 5.97 Å². The van der Waals surface area contributed by atoms with Crippen LogP contribution in [-0.2, 0) is 16.1 Å². The third-order valence-electron chi connectivity index (χ3n) is 2.50. The van der Waals surface area contributed by atoms with Crippen LogP contribution < -0.4 is 5.73 Å². The maximum Gasteiger partial charge on any atom is 0.312 e. The number of methoxy groups -OCH3 is 1. The van der Waals surface area contributed by atoms with Crippen molar-refractivity contribution in [2.75, 3.05) is 12.9 Å². The summed E-state index contributed by atoms with van der Waals surface area (Å²) >= 11 is 1.65. The molecule has 0 aliphatic heterocycles. The van der Waals surface area contributed by atoms with Crippen molar-refractivity contribution in [1.82, 2.24) is 0 Å². The molecule has 4 heteroatoms. The lowest BCUT2D eigenvalue weighted by Crippen LogP contribution is -2.28. The summed E-state index contributed by atoms with van der Waals surface area (Å²) in [5.74, 6) is 0.519. The van der Waals surface area contributed by atoms with E-state index in [0.29, 0.717) is 12.3 Å². The Morgan fingerprint density at radius 1 is 1.35 bits per heavy atom. The minimum Gasteiger partial charge on any atom is -0.469 e. The van der Waals surface area contributed by atoms with Crippen molar-refractivity contribution in [1.29, 1.82) is 0 Å². The maximum atomic E-state index is 11.5. The lowest BCUT2D eigenvalue weighted by Gasteiger charge is -2.20. The SMILES string of the molecule is COC(=O)C(C)(C)CSc1ccc(CN)cc1. The lowest BCUT2D eigenvalue weighted by molar-refractivity contribution is -0.149. The molecule has 1 rings (SSSR count). The molecule has 0 fully saturated rings. The van der Waals surface area contributed by atoms with Gasteiger partial charge in [-0.25, -0.2) is 0 Å². The number of hydrogen-bond acceptors (Lipinski definition) is 4. The van der Waals surface area contributed by atoms with Crippen molar-refractivity contribution >= 4 is 17.7 Å². The van der Waals surface area contributed by atoms with Gasteiger partial charge in [-0.3, -0.25) is 4.79 Å². The normalized spacial score (nSPS) is 11.3. The fourth-order valence-corrected chi connectivity index (χ4v) is 2.29. The predicted octanol–water partition coefficient (Wildman–Crippen LogP) is 2.44. The Labute approximate surface area is 107 Å². The highest BCUT2D eigenvalue weighted by molar-refractivity contribution is 7.99. The summed E-state index contributed by atoms with van der Waals surface area (Å²) < 4.78 is 4.77. The van der Waals surface area contributed by atoms with E-state index in [2.05, 4.69) is 0 Å². The molecule has 1 aromatic rings. The average molecular weight is 253 g/mol. The fourth-order valence-electron chi connectivity index (χ4n) is 1.32. The van der Waals surface area contributed by atoms with Crippen molar-refractivity contribution in [3.8, 4) is 0 Å². The molecule has 3 nitrogen and oxygen atoms in total. The van der Waals surface area contributed by atoms with Crippen LogP contribution in [0.1, 0.15) is 19.4 Å². The van der Waals surface area contributed by atoms with E-state index in [0.717, 1.165) is 10.5 Å². The summed E-state index contributed by atoms with van der Waals surface area (Å²) in [6, 6.07) is 8.07. The van der Waals surface area contributed by atoms with Gasteiger partial charge in [0.1, 0.15) is 0 Å². The second-order valence-electron chi connectivity index (χ2n) is 4.51. The van der Waals surface area contributed by atoms with E-state index in [1.165, 1.54) is 7.11 Å². The zero-order chi connectivity index (χ0) is 12.9. The molecule has 0 aliphatic rings. The third-order valence-corrected chi connectivity index (χ3v) is 3.97. The van der Waals surface area contributed by atoms with Crippen LogP contribution in [0.3, 0.4) is 0 Å². The Balaban J connectivity index is 2.57.